The number of carbonyl (C=O) groups is 1. The molecule has 0 radical (unpaired) electrons. The van der Waals surface area contributed by atoms with Gasteiger partial charge < -0.3 is 14.8 Å². The van der Waals surface area contributed by atoms with Crippen LogP contribution in [0.2, 0.25) is 0 Å². The van der Waals surface area contributed by atoms with Crippen molar-refractivity contribution in [2.24, 2.45) is 11.8 Å². The van der Waals surface area contributed by atoms with Gasteiger partial charge in [-0.15, -0.1) is 0 Å². The first kappa shape index (κ1) is 17.7. The zero-order valence-corrected chi connectivity index (χ0v) is 14.5. The van der Waals surface area contributed by atoms with E-state index in [9.17, 15) is 4.79 Å². The Labute approximate surface area is 135 Å². The van der Waals surface area contributed by atoms with Crippen LogP contribution in [0.1, 0.15) is 65.7 Å². The summed E-state index contributed by atoms with van der Waals surface area (Å²) in [6.45, 7) is 7.73. The topological polar surface area (TPSA) is 47.6 Å². The summed E-state index contributed by atoms with van der Waals surface area (Å²) in [5, 5.41) is 3.29. The van der Waals surface area contributed by atoms with Crippen molar-refractivity contribution < 1.29 is 14.3 Å². The maximum absolute atomic E-state index is 12.6. The number of carbonyl (C=O) groups excluding carboxylic acids is 1. The Kier molecular flexibility index (Phi) is 7.16. The van der Waals surface area contributed by atoms with E-state index in [2.05, 4.69) is 12.2 Å². The highest BCUT2D eigenvalue weighted by molar-refractivity contribution is 5.79. The van der Waals surface area contributed by atoms with E-state index in [0.717, 1.165) is 32.3 Å². The highest BCUT2D eigenvalue weighted by atomic mass is 16.5. The van der Waals surface area contributed by atoms with Crippen molar-refractivity contribution in [2.75, 3.05) is 13.2 Å². The van der Waals surface area contributed by atoms with Crippen molar-refractivity contribution in [3.05, 3.63) is 0 Å². The summed E-state index contributed by atoms with van der Waals surface area (Å²) >= 11 is 0. The average molecular weight is 311 g/mol. The lowest BCUT2D eigenvalue weighted by Crippen LogP contribution is -2.53. The normalized spacial score (nSPS) is 33.6. The second-order valence-corrected chi connectivity index (χ2v) is 6.89. The van der Waals surface area contributed by atoms with E-state index in [-0.39, 0.29) is 30.1 Å². The van der Waals surface area contributed by atoms with Crippen LogP contribution >= 0.6 is 0 Å². The number of nitrogens with one attached hydrogen (secondary N) is 1. The molecule has 1 N–H and O–H groups in total. The minimum atomic E-state index is 0.0992. The molecule has 2 aliphatic carbocycles. The fourth-order valence-electron chi connectivity index (χ4n) is 3.98. The third-order valence-corrected chi connectivity index (χ3v) is 5.24. The largest absolute Gasteiger partial charge is 0.378 e. The van der Waals surface area contributed by atoms with Crippen molar-refractivity contribution in [3.63, 3.8) is 0 Å². The quantitative estimate of drug-likeness (QED) is 0.819. The molecule has 2 saturated carbocycles. The maximum atomic E-state index is 12.6. The summed E-state index contributed by atoms with van der Waals surface area (Å²) < 4.78 is 11.8. The smallest absolute Gasteiger partial charge is 0.223 e. The molecule has 0 aromatic carbocycles. The minimum Gasteiger partial charge on any atom is -0.378 e. The van der Waals surface area contributed by atoms with E-state index >= 15 is 0 Å². The number of ether oxygens (including phenoxy) is 2. The van der Waals surface area contributed by atoms with E-state index in [4.69, 9.17) is 9.47 Å². The Morgan fingerprint density at radius 1 is 1.00 bits per heavy atom. The van der Waals surface area contributed by atoms with Gasteiger partial charge in [-0.3, -0.25) is 4.79 Å². The SMILES string of the molecule is CCOC1CC(NC(=O)C2CCCCC2)C(OCC)CC1C. The molecule has 0 saturated heterocycles. The Hall–Kier alpha value is -0.610. The second kappa shape index (κ2) is 8.88. The summed E-state index contributed by atoms with van der Waals surface area (Å²) in [7, 11) is 0. The van der Waals surface area contributed by atoms with Gasteiger partial charge in [-0.05, 0) is 45.4 Å². The van der Waals surface area contributed by atoms with Crippen LogP contribution in [-0.4, -0.2) is 37.4 Å². The fraction of sp³-hybridized carbons (Fsp3) is 0.944. The Bertz CT molecular complexity index is 341. The first-order valence-electron chi connectivity index (χ1n) is 9.19. The second-order valence-electron chi connectivity index (χ2n) is 6.89. The van der Waals surface area contributed by atoms with Crippen molar-refractivity contribution in [1.29, 1.82) is 0 Å². The van der Waals surface area contributed by atoms with Gasteiger partial charge in [0.2, 0.25) is 5.91 Å². The predicted octanol–water partition coefficient (Wildman–Crippen LogP) is 3.29. The molecular weight excluding hydrogens is 278 g/mol. The molecule has 4 atom stereocenters. The van der Waals surface area contributed by atoms with Crippen molar-refractivity contribution >= 4 is 5.91 Å². The van der Waals surface area contributed by atoms with E-state index in [1.165, 1.54) is 19.3 Å². The van der Waals surface area contributed by atoms with Gasteiger partial charge in [-0.25, -0.2) is 0 Å². The molecule has 2 aliphatic rings. The van der Waals surface area contributed by atoms with Crippen molar-refractivity contribution in [3.8, 4) is 0 Å². The van der Waals surface area contributed by atoms with Crippen LogP contribution in [-0.2, 0) is 14.3 Å². The van der Waals surface area contributed by atoms with Crippen LogP contribution in [0.15, 0.2) is 0 Å². The van der Waals surface area contributed by atoms with Gasteiger partial charge in [0.25, 0.3) is 0 Å². The van der Waals surface area contributed by atoms with E-state index in [0.29, 0.717) is 12.5 Å². The molecule has 22 heavy (non-hydrogen) atoms. The molecule has 0 heterocycles. The highest BCUT2D eigenvalue weighted by Crippen LogP contribution is 2.30. The summed E-state index contributed by atoms with van der Waals surface area (Å²) in [5.74, 6) is 0.930. The zero-order chi connectivity index (χ0) is 15.9. The lowest BCUT2D eigenvalue weighted by atomic mass is 9.81. The number of rotatable bonds is 6. The van der Waals surface area contributed by atoms with Gasteiger partial charge in [0.1, 0.15) is 0 Å². The monoisotopic (exact) mass is 311 g/mol. The number of hydrogen-bond donors (Lipinski definition) is 1. The summed E-state index contributed by atoms with van der Waals surface area (Å²) in [4.78, 5) is 12.6. The molecule has 4 heteroatoms. The molecule has 2 rings (SSSR count). The average Bonchev–Trinajstić information content (AvgIpc) is 2.53. The molecule has 1 amide bonds. The third kappa shape index (κ3) is 4.69. The lowest BCUT2D eigenvalue weighted by Gasteiger charge is -2.40. The van der Waals surface area contributed by atoms with Gasteiger partial charge in [0.15, 0.2) is 0 Å². The van der Waals surface area contributed by atoms with Crippen LogP contribution in [0, 0.1) is 11.8 Å². The molecule has 0 aromatic rings. The first-order valence-corrected chi connectivity index (χ1v) is 9.19. The molecule has 0 spiro atoms. The molecule has 0 aliphatic heterocycles. The molecule has 4 nitrogen and oxygen atoms in total. The van der Waals surface area contributed by atoms with Gasteiger partial charge in [-0.2, -0.15) is 0 Å². The van der Waals surface area contributed by atoms with E-state index in [1.54, 1.807) is 0 Å². The van der Waals surface area contributed by atoms with Gasteiger partial charge in [0, 0.05) is 19.1 Å². The van der Waals surface area contributed by atoms with Crippen LogP contribution < -0.4 is 5.32 Å². The van der Waals surface area contributed by atoms with Gasteiger partial charge in [-0.1, -0.05) is 26.2 Å². The molecular formula is C18H33NO3. The molecule has 0 bridgehead atoms. The van der Waals surface area contributed by atoms with E-state index < -0.39 is 0 Å². The first-order chi connectivity index (χ1) is 10.7. The molecule has 0 aromatic heterocycles. The van der Waals surface area contributed by atoms with Crippen LogP contribution in [0.5, 0.6) is 0 Å². The summed E-state index contributed by atoms with van der Waals surface area (Å²) in [6.07, 6.45) is 7.95. The van der Waals surface area contributed by atoms with Gasteiger partial charge in [0.05, 0.1) is 18.2 Å². The van der Waals surface area contributed by atoms with Crippen LogP contribution in [0.25, 0.3) is 0 Å². The van der Waals surface area contributed by atoms with Crippen LogP contribution in [0.4, 0.5) is 0 Å². The highest BCUT2D eigenvalue weighted by Gasteiger charge is 2.37. The van der Waals surface area contributed by atoms with E-state index in [1.807, 2.05) is 13.8 Å². The third-order valence-electron chi connectivity index (χ3n) is 5.24. The zero-order valence-electron chi connectivity index (χ0n) is 14.5. The summed E-state index contributed by atoms with van der Waals surface area (Å²) in [6, 6.07) is 0.0992. The Balaban J connectivity index is 1.95. The summed E-state index contributed by atoms with van der Waals surface area (Å²) in [5.41, 5.74) is 0. The Morgan fingerprint density at radius 3 is 2.27 bits per heavy atom. The maximum Gasteiger partial charge on any atom is 0.223 e. The standard InChI is InChI=1S/C18H33NO3/c1-4-21-16-12-15(17(22-5-2)11-13(16)3)19-18(20)14-9-7-6-8-10-14/h13-17H,4-12H2,1-3H3,(H,19,20). The molecule has 128 valence electrons. The van der Waals surface area contributed by atoms with Crippen molar-refractivity contribution in [2.45, 2.75) is 84.0 Å². The number of amides is 1. The fourth-order valence-corrected chi connectivity index (χ4v) is 3.98. The predicted molar refractivity (Wildman–Crippen MR) is 87.7 cm³/mol. The Morgan fingerprint density at radius 2 is 1.64 bits per heavy atom. The number of hydrogen-bond acceptors (Lipinski definition) is 3. The minimum absolute atomic E-state index is 0.0992. The van der Waals surface area contributed by atoms with Gasteiger partial charge >= 0.3 is 0 Å². The molecule has 2 fully saturated rings. The van der Waals surface area contributed by atoms with Crippen molar-refractivity contribution in [1.82, 2.24) is 5.32 Å². The van der Waals surface area contributed by atoms with Crippen LogP contribution in [0.3, 0.4) is 0 Å². The lowest BCUT2D eigenvalue weighted by molar-refractivity contribution is -0.130. The molecule has 4 unspecified atom stereocenters.